The van der Waals surface area contributed by atoms with Crippen molar-refractivity contribution in [3.05, 3.63) is 392 Å². The molecule has 1 aliphatic carbocycles. The third-order valence-electron chi connectivity index (χ3n) is 24.2. The molecule has 550 valence electrons. The number of aromatic nitrogens is 9. The summed E-state index contributed by atoms with van der Waals surface area (Å²) in [7, 11) is 0. The van der Waals surface area contributed by atoms with Gasteiger partial charge in [0.25, 0.3) is 0 Å². The smallest absolute Gasteiger partial charge is 0.238 e. The summed E-state index contributed by atoms with van der Waals surface area (Å²) in [5.41, 5.74) is 28.5. The minimum absolute atomic E-state index is 0.330. The number of hydrogen-bond acceptors (Lipinski definition) is 5. The first-order valence-electron chi connectivity index (χ1n) is 40.0. The highest BCUT2D eigenvalue weighted by atomic mass is 15.2. The molecule has 0 aliphatic heterocycles. The maximum Gasteiger partial charge on any atom is 0.238 e. The molecule has 0 radical (unpaired) electrons. The number of nitrogens with zero attached hydrogens (tertiary/aromatic N) is 9. The fourth-order valence-corrected chi connectivity index (χ4v) is 18.7. The number of hydrogen-bond donors (Lipinski definition) is 0. The zero-order valence-electron chi connectivity index (χ0n) is 64.5. The second-order valence-corrected chi connectivity index (χ2v) is 31.2. The maximum absolute atomic E-state index is 6.33. The molecule has 0 spiro atoms. The van der Waals surface area contributed by atoms with Crippen molar-refractivity contribution in [1.82, 2.24) is 43.2 Å². The Bertz CT molecular complexity index is 8060. The molecule has 9 heteroatoms. The van der Waals surface area contributed by atoms with Crippen LogP contribution in [0.5, 0.6) is 0 Å². The van der Waals surface area contributed by atoms with E-state index in [1.165, 1.54) is 33.2 Å². The summed E-state index contributed by atoms with van der Waals surface area (Å²) in [4.78, 5) is 28.0. The van der Waals surface area contributed by atoms with Crippen LogP contribution in [0.4, 0.5) is 0 Å². The lowest BCUT2D eigenvalue weighted by molar-refractivity contribution is 0.661. The minimum Gasteiger partial charge on any atom is -0.308 e. The molecule has 0 saturated heterocycles. The van der Waals surface area contributed by atoms with Crippen molar-refractivity contribution in [3.8, 4) is 126 Å². The monoisotopic (exact) mass is 1500 g/mol. The lowest BCUT2D eigenvalue weighted by Gasteiger charge is -2.23. The zero-order chi connectivity index (χ0) is 78.3. The van der Waals surface area contributed by atoms with E-state index >= 15 is 0 Å². The van der Waals surface area contributed by atoms with E-state index in [0.717, 1.165) is 171 Å². The standard InChI is InChI=1S/C109H69N9/c1-4-69-33-14-22-48-92(69)117-95-51-25-19-44-81(95)87-65-88-85(67-100(87)117)89(66-91-101(88)83-45-16-21-47-90(83)109(91,2)3)107-110-102(72-35-10-6-11-36-72)104-103(111-107)84-46-20-27-53-97(84)115(104)78-58-54-70(55-59-78)74-40-29-41-77(62-74)106-112-105(73-37-12-7-13-38-73)113-108(114-106)118-96-52-26-17-42-79(96)82-60-56-76(64-99(82)118)75-57-61-98-86(63-75)80-43-18-24-50-94(80)116(98)93-49-23-15-34-71(93)39-28-32-68-30-8-5-9-31-68/h1,5-27,29-31,33-38,40-67H,32H2,2-3H3. The van der Waals surface area contributed by atoms with Crippen molar-refractivity contribution >= 4 is 98.1 Å². The third kappa shape index (κ3) is 10.7. The Morgan fingerprint density at radius 3 is 1.55 bits per heavy atom. The van der Waals surface area contributed by atoms with E-state index in [2.05, 4.69) is 377 Å². The first-order chi connectivity index (χ1) is 58.2. The van der Waals surface area contributed by atoms with E-state index in [-0.39, 0.29) is 5.41 Å². The summed E-state index contributed by atoms with van der Waals surface area (Å²) < 4.78 is 9.27. The highest BCUT2D eigenvalue weighted by Crippen LogP contribution is 2.55. The average Bonchev–Trinajstić information content (AvgIpc) is 1.35. The summed E-state index contributed by atoms with van der Waals surface area (Å²) >= 11 is 0. The SMILES string of the molecule is C#Cc1ccccc1-n1c2ccccc2c2cc3c4c(cc(-c5nc(-c6ccccc6)c6c(n5)c5ccccc5n6-c5ccc(-c6cccc(-c7nc(-c8ccccc8)nc(-n8c9ccccc9c9ccc(-c%10ccc%11c(c%10)c%10ccccc%10n%11-c%10ccccc%10C#CCc%10ccccc%10)cc98)n7)c6)cc5)c3cc21)C(C)(C)c1ccccc1-4. The normalized spacial score (nSPS) is 12.3. The molecular formula is C109H69N9. The van der Waals surface area contributed by atoms with Gasteiger partial charge in [0.2, 0.25) is 5.95 Å². The molecular weight excluding hydrogens is 1440 g/mol. The topological polar surface area (TPSA) is 84.2 Å². The molecule has 0 atom stereocenters. The Morgan fingerprint density at radius 2 is 0.822 bits per heavy atom. The minimum atomic E-state index is -0.330. The summed E-state index contributed by atoms with van der Waals surface area (Å²) in [6, 6.07) is 130. The molecule has 0 fully saturated rings. The van der Waals surface area contributed by atoms with Crippen LogP contribution in [-0.2, 0) is 11.8 Å². The number of benzene rings is 16. The molecule has 22 aromatic rings. The van der Waals surface area contributed by atoms with E-state index < -0.39 is 0 Å². The van der Waals surface area contributed by atoms with E-state index in [0.29, 0.717) is 29.8 Å². The molecule has 6 heterocycles. The van der Waals surface area contributed by atoms with Crippen molar-refractivity contribution < 1.29 is 0 Å². The van der Waals surface area contributed by atoms with Gasteiger partial charge in [-0.15, -0.1) is 6.42 Å². The van der Waals surface area contributed by atoms with Crippen molar-refractivity contribution in [2.24, 2.45) is 0 Å². The van der Waals surface area contributed by atoms with Gasteiger partial charge in [-0.25, -0.2) is 15.0 Å². The first-order valence-corrected chi connectivity index (χ1v) is 40.0. The third-order valence-corrected chi connectivity index (χ3v) is 24.2. The van der Waals surface area contributed by atoms with Gasteiger partial charge in [-0.1, -0.05) is 292 Å². The Morgan fingerprint density at radius 1 is 0.305 bits per heavy atom. The molecule has 0 N–H and O–H groups in total. The number of fused-ring (bicyclic) bond motifs is 17. The molecule has 9 nitrogen and oxygen atoms in total. The molecule has 1 aliphatic rings. The Balaban J connectivity index is 0.642. The lowest BCUT2D eigenvalue weighted by Crippen LogP contribution is -2.15. The first kappa shape index (κ1) is 67.8. The van der Waals surface area contributed by atoms with Crippen molar-refractivity contribution in [2.75, 3.05) is 0 Å². The summed E-state index contributed by atoms with van der Waals surface area (Å²) in [6.07, 6.45) is 7.00. The molecule has 6 aromatic heterocycles. The van der Waals surface area contributed by atoms with Crippen LogP contribution in [0.1, 0.15) is 41.7 Å². The molecule has 16 aromatic carbocycles. The van der Waals surface area contributed by atoms with Gasteiger partial charge < -0.3 is 13.7 Å². The van der Waals surface area contributed by atoms with Gasteiger partial charge in [0, 0.05) is 88.6 Å². The highest BCUT2D eigenvalue weighted by Gasteiger charge is 2.38. The maximum atomic E-state index is 6.33. The van der Waals surface area contributed by atoms with Gasteiger partial charge in [0.15, 0.2) is 17.5 Å². The van der Waals surface area contributed by atoms with Crippen LogP contribution in [0.2, 0.25) is 0 Å². The van der Waals surface area contributed by atoms with Crippen molar-refractivity contribution in [3.63, 3.8) is 0 Å². The van der Waals surface area contributed by atoms with Crippen LogP contribution in [0.15, 0.2) is 364 Å². The van der Waals surface area contributed by atoms with Gasteiger partial charge in [-0.3, -0.25) is 4.57 Å². The molecule has 0 saturated carbocycles. The van der Waals surface area contributed by atoms with Crippen LogP contribution >= 0.6 is 0 Å². The van der Waals surface area contributed by atoms with Gasteiger partial charge in [-0.2, -0.15) is 9.97 Å². The van der Waals surface area contributed by atoms with Crippen LogP contribution in [0.25, 0.3) is 200 Å². The predicted molar refractivity (Wildman–Crippen MR) is 485 cm³/mol. The Kier molecular flexibility index (Phi) is 15.5. The van der Waals surface area contributed by atoms with Crippen LogP contribution < -0.4 is 0 Å². The number of para-hydroxylation sites is 6. The van der Waals surface area contributed by atoms with E-state index in [1.807, 2.05) is 36.4 Å². The summed E-state index contributed by atoms with van der Waals surface area (Å²) in [5, 5.41) is 10.0. The second-order valence-electron chi connectivity index (χ2n) is 31.2. The molecule has 0 amide bonds. The van der Waals surface area contributed by atoms with Crippen LogP contribution in [-0.4, -0.2) is 43.2 Å². The molecule has 118 heavy (non-hydrogen) atoms. The van der Waals surface area contributed by atoms with Gasteiger partial charge in [0.1, 0.15) is 5.52 Å². The zero-order valence-corrected chi connectivity index (χ0v) is 64.5. The summed E-state index contributed by atoms with van der Waals surface area (Å²) in [6.45, 7) is 4.71. The molecule has 0 unspecified atom stereocenters. The van der Waals surface area contributed by atoms with Crippen molar-refractivity contribution in [1.29, 1.82) is 0 Å². The number of terminal acetylenes is 1. The van der Waals surface area contributed by atoms with Gasteiger partial charge in [0.05, 0.1) is 61.2 Å². The van der Waals surface area contributed by atoms with E-state index in [1.54, 1.807) is 0 Å². The van der Waals surface area contributed by atoms with E-state index in [4.69, 9.17) is 31.3 Å². The molecule has 0 bridgehead atoms. The van der Waals surface area contributed by atoms with Crippen LogP contribution in [0, 0.1) is 24.2 Å². The van der Waals surface area contributed by atoms with E-state index in [9.17, 15) is 0 Å². The summed E-state index contributed by atoms with van der Waals surface area (Å²) in [5.74, 6) is 12.3. The Hall–Kier alpha value is -15.8. The highest BCUT2D eigenvalue weighted by molar-refractivity contribution is 6.20. The van der Waals surface area contributed by atoms with Gasteiger partial charge in [-0.05, 0) is 164 Å². The van der Waals surface area contributed by atoms with Crippen LogP contribution in [0.3, 0.4) is 0 Å². The largest absolute Gasteiger partial charge is 0.308 e. The molecule has 23 rings (SSSR count). The number of rotatable bonds is 11. The van der Waals surface area contributed by atoms with Gasteiger partial charge >= 0.3 is 0 Å². The fourth-order valence-electron chi connectivity index (χ4n) is 18.7. The quantitative estimate of drug-likeness (QED) is 0.121. The fraction of sp³-hybridized carbons (Fsp3) is 0.0367. The Labute approximate surface area is 680 Å². The predicted octanol–water partition coefficient (Wildman–Crippen LogP) is 26.1. The average molecular weight is 1500 g/mol. The van der Waals surface area contributed by atoms with Crippen molar-refractivity contribution in [2.45, 2.75) is 25.7 Å². The lowest BCUT2D eigenvalue weighted by atomic mass is 9.81. The second kappa shape index (κ2) is 26.9.